The molecule has 26 heavy (non-hydrogen) atoms. The SMILES string of the molecule is N#Cc1nn(-c2ccccc2)nc1N1CCN(Cc2ccccc2)CC1. The van der Waals surface area contributed by atoms with Crippen molar-refractivity contribution in [1.82, 2.24) is 19.9 Å². The summed E-state index contributed by atoms with van der Waals surface area (Å²) < 4.78 is 0. The van der Waals surface area contributed by atoms with Crippen LogP contribution in [0.15, 0.2) is 60.7 Å². The molecule has 130 valence electrons. The zero-order chi connectivity index (χ0) is 17.8. The largest absolute Gasteiger partial charge is 0.350 e. The Labute approximate surface area is 152 Å². The number of para-hydroxylation sites is 1. The van der Waals surface area contributed by atoms with Crippen LogP contribution >= 0.6 is 0 Å². The second-order valence-corrected chi connectivity index (χ2v) is 6.36. The smallest absolute Gasteiger partial charge is 0.207 e. The van der Waals surface area contributed by atoms with E-state index in [-0.39, 0.29) is 0 Å². The van der Waals surface area contributed by atoms with Gasteiger partial charge in [0, 0.05) is 32.7 Å². The Kier molecular flexibility index (Phi) is 4.63. The second-order valence-electron chi connectivity index (χ2n) is 6.36. The Morgan fingerprint density at radius 2 is 1.50 bits per heavy atom. The van der Waals surface area contributed by atoms with Gasteiger partial charge in [0.1, 0.15) is 6.07 Å². The van der Waals surface area contributed by atoms with E-state index in [1.165, 1.54) is 5.56 Å². The van der Waals surface area contributed by atoms with E-state index in [2.05, 4.69) is 50.3 Å². The molecule has 0 spiro atoms. The summed E-state index contributed by atoms with van der Waals surface area (Å²) >= 11 is 0. The first-order valence-electron chi connectivity index (χ1n) is 8.77. The molecule has 4 rings (SSSR count). The lowest BCUT2D eigenvalue weighted by molar-refractivity contribution is 0.249. The van der Waals surface area contributed by atoms with Crippen LogP contribution in [0, 0.1) is 11.3 Å². The topological polar surface area (TPSA) is 61.0 Å². The number of benzene rings is 2. The van der Waals surface area contributed by atoms with E-state index in [0.29, 0.717) is 11.5 Å². The fourth-order valence-corrected chi connectivity index (χ4v) is 3.22. The van der Waals surface area contributed by atoms with E-state index >= 15 is 0 Å². The van der Waals surface area contributed by atoms with E-state index in [1.807, 2.05) is 36.4 Å². The van der Waals surface area contributed by atoms with Crippen molar-refractivity contribution in [3.05, 3.63) is 71.9 Å². The molecule has 0 bridgehead atoms. The molecule has 0 N–H and O–H groups in total. The van der Waals surface area contributed by atoms with Crippen LogP contribution in [0.2, 0.25) is 0 Å². The quantitative estimate of drug-likeness (QED) is 0.728. The molecule has 0 atom stereocenters. The highest BCUT2D eigenvalue weighted by Crippen LogP contribution is 2.19. The molecule has 0 radical (unpaired) electrons. The van der Waals surface area contributed by atoms with Crippen LogP contribution in [-0.2, 0) is 6.54 Å². The van der Waals surface area contributed by atoms with Crippen molar-refractivity contribution < 1.29 is 0 Å². The zero-order valence-corrected chi connectivity index (χ0v) is 14.5. The number of hydrogen-bond acceptors (Lipinski definition) is 5. The standard InChI is InChI=1S/C20H20N6/c21-15-19-20(23-26(22-19)18-9-5-2-6-10-18)25-13-11-24(12-14-25)16-17-7-3-1-4-8-17/h1-10H,11-14,16H2. The Bertz CT molecular complexity index is 889. The third-order valence-electron chi connectivity index (χ3n) is 4.61. The van der Waals surface area contributed by atoms with Crippen molar-refractivity contribution in [1.29, 1.82) is 5.26 Å². The van der Waals surface area contributed by atoms with Gasteiger partial charge in [0.05, 0.1) is 5.69 Å². The lowest BCUT2D eigenvalue weighted by Gasteiger charge is -2.34. The maximum atomic E-state index is 9.45. The fourth-order valence-electron chi connectivity index (χ4n) is 3.22. The van der Waals surface area contributed by atoms with Gasteiger partial charge in [-0.15, -0.1) is 15.0 Å². The van der Waals surface area contributed by atoms with Crippen LogP contribution in [0.4, 0.5) is 5.82 Å². The van der Waals surface area contributed by atoms with Crippen LogP contribution in [-0.4, -0.2) is 46.1 Å². The van der Waals surface area contributed by atoms with Crippen LogP contribution in [0.5, 0.6) is 0 Å². The van der Waals surface area contributed by atoms with Crippen molar-refractivity contribution in [2.45, 2.75) is 6.54 Å². The third kappa shape index (κ3) is 3.44. The Hall–Kier alpha value is -3.17. The summed E-state index contributed by atoms with van der Waals surface area (Å²) in [7, 11) is 0. The number of aromatic nitrogens is 3. The summed E-state index contributed by atoms with van der Waals surface area (Å²) in [5.41, 5.74) is 2.57. The summed E-state index contributed by atoms with van der Waals surface area (Å²) in [5, 5.41) is 18.4. The number of rotatable bonds is 4. The first-order valence-corrected chi connectivity index (χ1v) is 8.77. The Balaban J connectivity index is 1.46. The van der Waals surface area contributed by atoms with Crippen molar-refractivity contribution in [2.24, 2.45) is 0 Å². The molecule has 0 amide bonds. The molecule has 2 heterocycles. The van der Waals surface area contributed by atoms with Crippen molar-refractivity contribution >= 4 is 5.82 Å². The molecular formula is C20H20N6. The molecular weight excluding hydrogens is 324 g/mol. The van der Waals surface area contributed by atoms with Gasteiger partial charge < -0.3 is 4.90 Å². The van der Waals surface area contributed by atoms with E-state index in [9.17, 15) is 5.26 Å². The zero-order valence-electron chi connectivity index (χ0n) is 14.5. The number of piperazine rings is 1. The van der Waals surface area contributed by atoms with E-state index in [4.69, 9.17) is 0 Å². The molecule has 6 heteroatoms. The van der Waals surface area contributed by atoms with Gasteiger partial charge in [0.25, 0.3) is 0 Å². The first-order chi connectivity index (χ1) is 12.8. The van der Waals surface area contributed by atoms with Gasteiger partial charge >= 0.3 is 0 Å². The highest BCUT2D eigenvalue weighted by atomic mass is 15.5. The van der Waals surface area contributed by atoms with Crippen molar-refractivity contribution in [3.8, 4) is 11.8 Å². The van der Waals surface area contributed by atoms with E-state index in [1.54, 1.807) is 4.80 Å². The maximum absolute atomic E-state index is 9.45. The number of hydrogen-bond donors (Lipinski definition) is 0. The first kappa shape index (κ1) is 16.3. The molecule has 0 aliphatic carbocycles. The summed E-state index contributed by atoms with van der Waals surface area (Å²) in [6.45, 7) is 4.52. The monoisotopic (exact) mass is 344 g/mol. The van der Waals surface area contributed by atoms with Gasteiger partial charge in [-0.3, -0.25) is 4.90 Å². The minimum atomic E-state index is 0.380. The highest BCUT2D eigenvalue weighted by molar-refractivity contribution is 5.50. The lowest BCUT2D eigenvalue weighted by atomic mass is 10.2. The van der Waals surface area contributed by atoms with Crippen LogP contribution in [0.25, 0.3) is 5.69 Å². The summed E-state index contributed by atoms with van der Waals surface area (Å²) in [5.74, 6) is 0.677. The molecule has 6 nitrogen and oxygen atoms in total. The van der Waals surface area contributed by atoms with Gasteiger partial charge in [-0.05, 0) is 17.7 Å². The molecule has 1 aliphatic rings. The average Bonchev–Trinajstić information content (AvgIpc) is 3.15. The molecule has 1 fully saturated rings. The van der Waals surface area contributed by atoms with Crippen molar-refractivity contribution in [3.63, 3.8) is 0 Å². The van der Waals surface area contributed by atoms with Gasteiger partial charge in [0.2, 0.25) is 5.69 Å². The number of nitrogens with zero attached hydrogens (tertiary/aromatic N) is 6. The van der Waals surface area contributed by atoms with E-state index < -0.39 is 0 Å². The maximum Gasteiger partial charge on any atom is 0.207 e. The summed E-state index contributed by atoms with van der Waals surface area (Å²) in [4.78, 5) is 6.14. The molecule has 0 unspecified atom stereocenters. The van der Waals surface area contributed by atoms with Crippen LogP contribution in [0.1, 0.15) is 11.3 Å². The predicted molar refractivity (Wildman–Crippen MR) is 100 cm³/mol. The van der Waals surface area contributed by atoms with Gasteiger partial charge in [0.15, 0.2) is 5.82 Å². The van der Waals surface area contributed by atoms with Crippen LogP contribution < -0.4 is 4.90 Å². The van der Waals surface area contributed by atoms with Gasteiger partial charge in [-0.2, -0.15) is 5.26 Å². The number of nitriles is 1. The molecule has 0 saturated carbocycles. The fraction of sp³-hybridized carbons (Fsp3) is 0.250. The van der Waals surface area contributed by atoms with Crippen LogP contribution in [0.3, 0.4) is 0 Å². The van der Waals surface area contributed by atoms with Crippen molar-refractivity contribution in [2.75, 3.05) is 31.1 Å². The molecule has 1 aliphatic heterocycles. The summed E-state index contributed by atoms with van der Waals surface area (Å²) in [6, 6.07) is 22.4. The number of anilines is 1. The minimum absolute atomic E-state index is 0.380. The van der Waals surface area contributed by atoms with E-state index in [0.717, 1.165) is 38.4 Å². The molecule has 1 aromatic heterocycles. The minimum Gasteiger partial charge on any atom is -0.350 e. The molecule has 3 aromatic rings. The highest BCUT2D eigenvalue weighted by Gasteiger charge is 2.23. The molecule has 2 aromatic carbocycles. The van der Waals surface area contributed by atoms with Gasteiger partial charge in [-0.1, -0.05) is 48.5 Å². The van der Waals surface area contributed by atoms with Gasteiger partial charge in [-0.25, -0.2) is 0 Å². The summed E-state index contributed by atoms with van der Waals surface area (Å²) in [6.07, 6.45) is 0. The average molecular weight is 344 g/mol. The third-order valence-corrected chi connectivity index (χ3v) is 4.61. The lowest BCUT2D eigenvalue weighted by Crippen LogP contribution is -2.46. The Morgan fingerprint density at radius 3 is 2.15 bits per heavy atom. The molecule has 1 saturated heterocycles. The normalized spacial score (nSPS) is 15.0. The predicted octanol–water partition coefficient (Wildman–Crippen LogP) is 2.46. The Morgan fingerprint density at radius 1 is 0.846 bits per heavy atom. The second kappa shape index (κ2) is 7.38.